The number of carbonyl (C=O) groups is 3. The Morgan fingerprint density at radius 3 is 2.30 bits per heavy atom. The summed E-state index contributed by atoms with van der Waals surface area (Å²) < 4.78 is 0. The molecular formula is C32H41N7O4. The topological polar surface area (TPSA) is 112 Å². The summed E-state index contributed by atoms with van der Waals surface area (Å²) in [6.07, 6.45) is 11.3. The quantitative estimate of drug-likeness (QED) is 0.409. The van der Waals surface area contributed by atoms with Gasteiger partial charge in [0.05, 0.1) is 18.4 Å². The average molecular weight is 588 g/mol. The van der Waals surface area contributed by atoms with Gasteiger partial charge in [0.15, 0.2) is 11.9 Å². The van der Waals surface area contributed by atoms with Gasteiger partial charge in [0, 0.05) is 43.8 Å². The van der Waals surface area contributed by atoms with Gasteiger partial charge in [-0.3, -0.25) is 34.0 Å². The first-order valence-corrected chi connectivity index (χ1v) is 15.2. The van der Waals surface area contributed by atoms with Crippen LogP contribution in [0.15, 0.2) is 61.0 Å². The van der Waals surface area contributed by atoms with Crippen molar-refractivity contribution in [1.82, 2.24) is 34.7 Å². The van der Waals surface area contributed by atoms with Gasteiger partial charge in [-0.1, -0.05) is 33.8 Å². The minimum Gasteiger partial charge on any atom is -0.310 e. The van der Waals surface area contributed by atoms with Crippen molar-refractivity contribution in [1.29, 1.82) is 0 Å². The second kappa shape index (κ2) is 13.6. The molecule has 2 aromatic heterocycles. The van der Waals surface area contributed by atoms with Crippen LogP contribution < -0.4 is 0 Å². The molecule has 5 heterocycles. The van der Waals surface area contributed by atoms with E-state index in [0.717, 1.165) is 31.8 Å². The van der Waals surface area contributed by atoms with Crippen LogP contribution in [0.2, 0.25) is 0 Å². The number of amides is 3. The van der Waals surface area contributed by atoms with Crippen molar-refractivity contribution >= 4 is 23.8 Å². The van der Waals surface area contributed by atoms with Crippen LogP contribution in [0.25, 0.3) is 6.08 Å². The zero-order chi connectivity index (χ0) is 30.5. The predicted octanol–water partition coefficient (Wildman–Crippen LogP) is 3.62. The van der Waals surface area contributed by atoms with Crippen LogP contribution in [0.1, 0.15) is 64.9 Å². The second-order valence-corrected chi connectivity index (χ2v) is 12.2. The first-order valence-electron chi connectivity index (χ1n) is 15.2. The molecule has 0 N–H and O–H groups in total. The van der Waals surface area contributed by atoms with Crippen molar-refractivity contribution in [2.24, 2.45) is 11.8 Å². The molecule has 0 radical (unpaired) electrons. The van der Waals surface area contributed by atoms with Gasteiger partial charge in [0.25, 0.3) is 11.8 Å². The monoisotopic (exact) mass is 587 g/mol. The van der Waals surface area contributed by atoms with E-state index in [9.17, 15) is 14.4 Å². The number of fused-ring (bicyclic) bond motifs is 1. The van der Waals surface area contributed by atoms with Crippen LogP contribution in [-0.4, -0.2) is 83.7 Å². The molecule has 2 fully saturated rings. The first-order chi connectivity index (χ1) is 20.7. The van der Waals surface area contributed by atoms with Crippen molar-refractivity contribution < 1.29 is 19.2 Å². The fourth-order valence-corrected chi connectivity index (χ4v) is 5.83. The third-order valence-corrected chi connectivity index (χ3v) is 7.91. The number of hydroxylamine groups is 2. The summed E-state index contributed by atoms with van der Waals surface area (Å²) in [5.41, 5.74) is 0.624. The Morgan fingerprint density at radius 1 is 0.953 bits per heavy atom. The minimum atomic E-state index is -0.873. The lowest BCUT2D eigenvalue weighted by atomic mass is 9.95. The molecule has 0 unspecified atom stereocenters. The molecular weight excluding hydrogens is 546 g/mol. The van der Waals surface area contributed by atoms with Crippen LogP contribution in [-0.2, 0) is 25.8 Å². The highest BCUT2D eigenvalue weighted by molar-refractivity contribution is 5.97. The molecule has 2 saturated heterocycles. The minimum absolute atomic E-state index is 0.0748. The first kappa shape index (κ1) is 30.5. The Balaban J connectivity index is 1.44. The van der Waals surface area contributed by atoms with E-state index < -0.39 is 18.1 Å². The van der Waals surface area contributed by atoms with Crippen LogP contribution >= 0.6 is 0 Å². The highest BCUT2D eigenvalue weighted by Gasteiger charge is 2.50. The van der Waals surface area contributed by atoms with Crippen LogP contribution in [0.4, 0.5) is 0 Å². The molecule has 0 saturated carbocycles. The van der Waals surface area contributed by atoms with Gasteiger partial charge in [-0.2, -0.15) is 5.06 Å². The number of aromatic nitrogens is 3. The normalized spacial score (nSPS) is 22.1. The van der Waals surface area contributed by atoms with E-state index in [2.05, 4.69) is 19.9 Å². The Hall–Kier alpha value is -3.96. The molecule has 0 aliphatic carbocycles. The van der Waals surface area contributed by atoms with E-state index in [1.54, 1.807) is 54.0 Å². The van der Waals surface area contributed by atoms with Gasteiger partial charge in [0.2, 0.25) is 5.91 Å². The lowest BCUT2D eigenvalue weighted by molar-refractivity contribution is -0.226. The number of hydrogen-bond donors (Lipinski definition) is 0. The van der Waals surface area contributed by atoms with Crippen molar-refractivity contribution in [3.8, 4) is 0 Å². The maximum absolute atomic E-state index is 14.1. The molecule has 0 spiro atoms. The summed E-state index contributed by atoms with van der Waals surface area (Å²) in [7, 11) is 0. The summed E-state index contributed by atoms with van der Waals surface area (Å²) in [6.45, 7) is 10.3. The number of piperidine rings is 1. The molecule has 3 amide bonds. The molecule has 43 heavy (non-hydrogen) atoms. The molecule has 2 aromatic rings. The third-order valence-electron chi connectivity index (χ3n) is 7.91. The van der Waals surface area contributed by atoms with E-state index >= 15 is 0 Å². The molecule has 3 aliphatic heterocycles. The molecule has 2 atom stereocenters. The summed E-state index contributed by atoms with van der Waals surface area (Å²) in [6, 6.07) is 6.45. The molecule has 3 aliphatic rings. The van der Waals surface area contributed by atoms with Gasteiger partial charge < -0.3 is 4.90 Å². The molecule has 11 heteroatoms. The van der Waals surface area contributed by atoms with Crippen LogP contribution in [0.5, 0.6) is 0 Å². The summed E-state index contributed by atoms with van der Waals surface area (Å²) in [5.74, 6) is 0.505. The highest BCUT2D eigenvalue weighted by atomic mass is 16.7. The summed E-state index contributed by atoms with van der Waals surface area (Å²) >= 11 is 0. The molecule has 0 bridgehead atoms. The largest absolute Gasteiger partial charge is 0.310 e. The number of hydrogen-bond acceptors (Lipinski definition) is 8. The van der Waals surface area contributed by atoms with Crippen molar-refractivity contribution in [3.63, 3.8) is 0 Å². The van der Waals surface area contributed by atoms with Gasteiger partial charge >= 0.3 is 0 Å². The highest BCUT2D eigenvalue weighted by Crippen LogP contribution is 2.35. The SMILES string of the molecule is CC(C)C[C@H]1ON(C(=O)/C=C/c2ccccn2)C2=CN(C3CCN(Cc4ncccn4)CC3)C(=O)[C@H](CC(C)C)N2C1=O. The third kappa shape index (κ3) is 7.17. The Kier molecular flexibility index (Phi) is 9.62. The average Bonchev–Trinajstić information content (AvgIpc) is 2.99. The van der Waals surface area contributed by atoms with Gasteiger partial charge in [-0.25, -0.2) is 9.97 Å². The van der Waals surface area contributed by atoms with Crippen molar-refractivity contribution in [2.45, 2.75) is 78.1 Å². The smallest absolute Gasteiger partial charge is 0.276 e. The predicted molar refractivity (Wildman–Crippen MR) is 160 cm³/mol. The van der Waals surface area contributed by atoms with Gasteiger partial charge in [-0.05, 0) is 61.8 Å². The fraction of sp³-hybridized carbons (Fsp3) is 0.500. The number of carbonyl (C=O) groups excluding carboxylic acids is 3. The number of pyridine rings is 1. The van der Waals surface area contributed by atoms with E-state index in [-0.39, 0.29) is 35.5 Å². The standard InChI is InChI=1S/C32H41N7O4/c1-22(2)18-26-31(41)37(25-11-16-36(17-12-25)20-28-34-14-7-15-35-28)21-29-38(26)32(42)27(19-23(3)4)43-39(29)30(40)10-9-24-8-5-6-13-33-24/h5-10,13-15,21-23,25-27H,11-12,16-20H2,1-4H3/b10-9+/t26-,27+/m0/s1. The zero-order valence-electron chi connectivity index (χ0n) is 25.4. The number of likely N-dealkylation sites (tertiary alicyclic amines) is 1. The Morgan fingerprint density at radius 2 is 1.65 bits per heavy atom. The molecule has 0 aromatic carbocycles. The van der Waals surface area contributed by atoms with Crippen molar-refractivity contribution in [3.05, 3.63) is 72.5 Å². The zero-order valence-corrected chi connectivity index (χ0v) is 25.4. The number of nitrogens with zero attached hydrogens (tertiary/aromatic N) is 7. The molecule has 228 valence electrons. The lowest BCUT2D eigenvalue weighted by Crippen LogP contribution is -2.64. The number of rotatable bonds is 9. The lowest BCUT2D eigenvalue weighted by Gasteiger charge is -2.49. The van der Waals surface area contributed by atoms with E-state index in [4.69, 9.17) is 4.84 Å². The van der Waals surface area contributed by atoms with E-state index in [1.165, 1.54) is 16.0 Å². The molecule has 11 nitrogen and oxygen atoms in total. The van der Waals surface area contributed by atoms with E-state index in [1.807, 2.05) is 33.8 Å². The maximum Gasteiger partial charge on any atom is 0.276 e. The summed E-state index contributed by atoms with van der Waals surface area (Å²) in [4.78, 5) is 66.3. The van der Waals surface area contributed by atoms with Crippen molar-refractivity contribution in [2.75, 3.05) is 13.1 Å². The maximum atomic E-state index is 14.1. The van der Waals surface area contributed by atoms with E-state index in [0.29, 0.717) is 25.1 Å². The van der Waals surface area contributed by atoms with Gasteiger partial charge in [-0.15, -0.1) is 0 Å². The van der Waals surface area contributed by atoms with Crippen LogP contribution in [0, 0.1) is 11.8 Å². The second-order valence-electron chi connectivity index (χ2n) is 12.2. The Bertz CT molecular complexity index is 1340. The van der Waals surface area contributed by atoms with Gasteiger partial charge in [0.1, 0.15) is 11.9 Å². The Labute approximate surface area is 253 Å². The fourth-order valence-electron chi connectivity index (χ4n) is 5.83. The van der Waals surface area contributed by atoms with Crippen LogP contribution in [0.3, 0.4) is 0 Å². The molecule has 5 rings (SSSR count). The summed E-state index contributed by atoms with van der Waals surface area (Å²) in [5, 5.41) is 1.20.